The summed E-state index contributed by atoms with van der Waals surface area (Å²) in [6.45, 7) is 6.09. The van der Waals surface area contributed by atoms with E-state index in [1.807, 2.05) is 45.0 Å². The third kappa shape index (κ3) is 5.45. The lowest BCUT2D eigenvalue weighted by Gasteiger charge is -2.29. The number of benzene rings is 1. The highest BCUT2D eigenvalue weighted by atomic mass is 16.5. The molecule has 0 bridgehead atoms. The van der Waals surface area contributed by atoms with Crippen LogP contribution < -0.4 is 4.74 Å². The first-order valence-electron chi connectivity index (χ1n) is 6.88. The zero-order chi connectivity index (χ0) is 16.0. The molecule has 1 amide bonds. The van der Waals surface area contributed by atoms with Gasteiger partial charge in [-0.25, -0.2) is 0 Å². The summed E-state index contributed by atoms with van der Waals surface area (Å²) < 4.78 is 5.10. The van der Waals surface area contributed by atoms with Crippen LogP contribution in [0.1, 0.15) is 32.8 Å². The van der Waals surface area contributed by atoms with E-state index in [-0.39, 0.29) is 18.9 Å². The minimum atomic E-state index is -0.906. The summed E-state index contributed by atoms with van der Waals surface area (Å²) in [5.41, 5.74) is 0.407. The first kappa shape index (κ1) is 17.0. The van der Waals surface area contributed by atoms with Crippen LogP contribution in [0.2, 0.25) is 0 Å². The summed E-state index contributed by atoms with van der Waals surface area (Å²) in [6.07, 6.45) is -0.0576. The second kappa shape index (κ2) is 7.11. The fraction of sp³-hybridized carbons (Fsp3) is 0.500. The molecule has 0 unspecified atom stereocenters. The highest BCUT2D eigenvalue weighted by Gasteiger charge is 2.27. The van der Waals surface area contributed by atoms with Crippen molar-refractivity contribution < 1.29 is 19.4 Å². The number of ether oxygens (including phenoxy) is 1. The Bertz CT molecular complexity index is 488. The molecule has 0 spiro atoms. The van der Waals surface area contributed by atoms with Crippen LogP contribution in [0.3, 0.4) is 0 Å². The molecule has 0 saturated carbocycles. The van der Waals surface area contributed by atoms with Gasteiger partial charge in [0.2, 0.25) is 5.91 Å². The number of nitrogens with zero attached hydrogens (tertiary/aromatic N) is 1. The van der Waals surface area contributed by atoms with Crippen molar-refractivity contribution in [2.75, 3.05) is 13.7 Å². The van der Waals surface area contributed by atoms with Gasteiger partial charge in [0.05, 0.1) is 13.5 Å². The van der Waals surface area contributed by atoms with Crippen molar-refractivity contribution in [2.45, 2.75) is 33.7 Å². The largest absolute Gasteiger partial charge is 0.497 e. The quantitative estimate of drug-likeness (QED) is 0.875. The average Bonchev–Trinajstić information content (AvgIpc) is 2.42. The number of carbonyl (C=O) groups is 2. The van der Waals surface area contributed by atoms with Crippen LogP contribution in [0.4, 0.5) is 0 Å². The van der Waals surface area contributed by atoms with Gasteiger partial charge in [0.1, 0.15) is 5.75 Å². The second-order valence-corrected chi connectivity index (χ2v) is 5.97. The summed E-state index contributed by atoms with van der Waals surface area (Å²) in [6, 6.07) is 7.41. The van der Waals surface area contributed by atoms with Gasteiger partial charge >= 0.3 is 5.97 Å². The molecule has 0 heterocycles. The van der Waals surface area contributed by atoms with E-state index in [4.69, 9.17) is 9.84 Å². The van der Waals surface area contributed by atoms with Crippen molar-refractivity contribution in [1.82, 2.24) is 4.90 Å². The van der Waals surface area contributed by atoms with E-state index in [1.54, 1.807) is 12.0 Å². The van der Waals surface area contributed by atoms with Crippen molar-refractivity contribution in [3.8, 4) is 5.75 Å². The Labute approximate surface area is 125 Å². The summed E-state index contributed by atoms with van der Waals surface area (Å²) >= 11 is 0. The Morgan fingerprint density at radius 1 is 1.19 bits per heavy atom. The van der Waals surface area contributed by atoms with Crippen LogP contribution >= 0.6 is 0 Å². The Morgan fingerprint density at radius 3 is 2.19 bits per heavy atom. The molecule has 1 N–H and O–H groups in total. The Balaban J connectivity index is 2.84. The highest BCUT2D eigenvalue weighted by molar-refractivity contribution is 5.82. The molecule has 116 valence electrons. The monoisotopic (exact) mass is 293 g/mol. The Kier molecular flexibility index (Phi) is 5.76. The molecule has 21 heavy (non-hydrogen) atoms. The molecule has 0 saturated heterocycles. The average molecular weight is 293 g/mol. The fourth-order valence-corrected chi connectivity index (χ4v) is 1.91. The number of carbonyl (C=O) groups excluding carboxylic acids is 1. The van der Waals surface area contributed by atoms with E-state index in [0.717, 1.165) is 11.3 Å². The summed E-state index contributed by atoms with van der Waals surface area (Å²) in [5.74, 6) is -0.214. The van der Waals surface area contributed by atoms with Crippen molar-refractivity contribution >= 4 is 11.9 Å². The Hall–Kier alpha value is -2.04. The van der Waals surface area contributed by atoms with Crippen molar-refractivity contribution in [3.63, 3.8) is 0 Å². The van der Waals surface area contributed by atoms with Crippen LogP contribution in [-0.4, -0.2) is 35.5 Å². The zero-order valence-electron chi connectivity index (χ0n) is 13.0. The maximum absolute atomic E-state index is 12.4. The molecule has 5 heteroatoms. The van der Waals surface area contributed by atoms with E-state index in [1.165, 1.54) is 0 Å². The van der Waals surface area contributed by atoms with Crippen LogP contribution in [0.25, 0.3) is 0 Å². The molecule has 0 aliphatic heterocycles. The van der Waals surface area contributed by atoms with Gasteiger partial charge < -0.3 is 14.7 Å². The van der Waals surface area contributed by atoms with Gasteiger partial charge in [-0.15, -0.1) is 0 Å². The van der Waals surface area contributed by atoms with Crippen molar-refractivity contribution in [3.05, 3.63) is 29.8 Å². The normalized spacial score (nSPS) is 11.0. The molecule has 5 nitrogen and oxygen atoms in total. The molecule has 0 aliphatic rings. The lowest BCUT2D eigenvalue weighted by Crippen LogP contribution is -2.40. The first-order chi connectivity index (χ1) is 9.74. The maximum atomic E-state index is 12.4. The van der Waals surface area contributed by atoms with Gasteiger partial charge in [-0.1, -0.05) is 32.9 Å². The number of aliphatic carboxylic acids is 1. The van der Waals surface area contributed by atoms with Gasteiger partial charge in [0, 0.05) is 18.5 Å². The molecule has 1 aromatic carbocycles. The van der Waals surface area contributed by atoms with E-state index in [2.05, 4.69) is 0 Å². The van der Waals surface area contributed by atoms with Crippen LogP contribution in [-0.2, 0) is 16.1 Å². The lowest BCUT2D eigenvalue weighted by atomic mass is 9.94. The number of rotatable bonds is 6. The third-order valence-corrected chi connectivity index (χ3v) is 3.06. The Morgan fingerprint density at radius 2 is 1.76 bits per heavy atom. The molecule has 1 rings (SSSR count). The highest BCUT2D eigenvalue weighted by Crippen LogP contribution is 2.20. The van der Waals surface area contributed by atoms with E-state index in [0.29, 0.717) is 6.54 Å². The number of carboxylic acid groups (broad SMARTS) is 1. The molecule has 0 aromatic heterocycles. The topological polar surface area (TPSA) is 66.8 Å². The number of hydrogen-bond donors (Lipinski definition) is 1. The molecule has 0 fully saturated rings. The number of methoxy groups -OCH3 is 1. The van der Waals surface area contributed by atoms with Gasteiger partial charge in [0.25, 0.3) is 0 Å². The minimum absolute atomic E-state index is 0.0560. The van der Waals surface area contributed by atoms with Crippen molar-refractivity contribution in [2.24, 2.45) is 5.41 Å². The fourth-order valence-electron chi connectivity index (χ4n) is 1.91. The third-order valence-electron chi connectivity index (χ3n) is 3.06. The number of carboxylic acids is 1. The van der Waals surface area contributed by atoms with Gasteiger partial charge in [-0.05, 0) is 17.7 Å². The van der Waals surface area contributed by atoms with Crippen LogP contribution in [0.5, 0.6) is 5.75 Å². The molecular formula is C16H23NO4. The van der Waals surface area contributed by atoms with Crippen LogP contribution in [0.15, 0.2) is 24.3 Å². The molecule has 0 radical (unpaired) electrons. The van der Waals surface area contributed by atoms with Crippen LogP contribution in [0, 0.1) is 5.41 Å². The number of amides is 1. The molecule has 1 aromatic rings. The smallest absolute Gasteiger partial charge is 0.305 e. The van der Waals surface area contributed by atoms with Gasteiger partial charge in [-0.2, -0.15) is 0 Å². The second-order valence-electron chi connectivity index (χ2n) is 5.97. The summed E-state index contributed by atoms with van der Waals surface area (Å²) in [7, 11) is 1.59. The standard InChI is InChI=1S/C16H23NO4/c1-16(2,3)15(20)17(10-9-14(18)19)11-12-5-7-13(21-4)8-6-12/h5-8H,9-11H2,1-4H3,(H,18,19). The van der Waals surface area contributed by atoms with E-state index >= 15 is 0 Å². The summed E-state index contributed by atoms with van der Waals surface area (Å²) in [4.78, 5) is 24.8. The SMILES string of the molecule is COc1ccc(CN(CCC(=O)O)C(=O)C(C)(C)C)cc1. The van der Waals surface area contributed by atoms with E-state index < -0.39 is 11.4 Å². The summed E-state index contributed by atoms with van der Waals surface area (Å²) in [5, 5.41) is 8.83. The molecule has 0 aliphatic carbocycles. The lowest BCUT2D eigenvalue weighted by molar-refractivity contribution is -0.142. The first-order valence-corrected chi connectivity index (χ1v) is 6.88. The van der Waals surface area contributed by atoms with Gasteiger partial charge in [0.15, 0.2) is 0 Å². The molecular weight excluding hydrogens is 270 g/mol. The molecule has 0 atom stereocenters. The van der Waals surface area contributed by atoms with E-state index in [9.17, 15) is 9.59 Å². The minimum Gasteiger partial charge on any atom is -0.497 e. The predicted octanol–water partition coefficient (Wildman–Crippen LogP) is 2.54. The number of hydrogen-bond acceptors (Lipinski definition) is 3. The predicted molar refractivity (Wildman–Crippen MR) is 80.1 cm³/mol. The van der Waals surface area contributed by atoms with Crippen molar-refractivity contribution in [1.29, 1.82) is 0 Å². The zero-order valence-corrected chi connectivity index (χ0v) is 13.0. The maximum Gasteiger partial charge on any atom is 0.305 e. The van der Waals surface area contributed by atoms with Gasteiger partial charge in [-0.3, -0.25) is 9.59 Å².